The van der Waals surface area contributed by atoms with Crippen LogP contribution in [0.3, 0.4) is 0 Å². The van der Waals surface area contributed by atoms with E-state index < -0.39 is 0 Å². The molecule has 0 atom stereocenters. The van der Waals surface area contributed by atoms with Crippen LogP contribution in [0, 0.1) is 10.1 Å². The molecule has 4 N–H and O–H groups in total. The van der Waals surface area contributed by atoms with Crippen LogP contribution in [0.5, 0.6) is 34.5 Å². The van der Waals surface area contributed by atoms with Gasteiger partial charge in [-0.3, -0.25) is 10.1 Å². The number of rotatable bonds is 9. The van der Waals surface area contributed by atoms with E-state index in [1.807, 2.05) is 58.0 Å². The Morgan fingerprint density at radius 1 is 0.376 bits per heavy atom. The summed E-state index contributed by atoms with van der Waals surface area (Å²) < 4.78 is 42.1. The van der Waals surface area contributed by atoms with E-state index in [1.165, 1.54) is 0 Å². The maximum atomic E-state index is 13.0. The molecule has 0 fully saturated rings. The number of hydrogen-bond acceptors (Lipinski definition) is 10. The molecule has 85 heavy (non-hydrogen) atoms. The Morgan fingerprint density at radius 2 is 0.600 bits per heavy atom. The van der Waals surface area contributed by atoms with Gasteiger partial charge in [-0.25, -0.2) is 0 Å². The lowest BCUT2D eigenvalue weighted by atomic mass is 9.80. The van der Waals surface area contributed by atoms with Crippen LogP contribution < -0.4 is 39.9 Å². The Bertz CT molecular complexity index is 3240. The molecule has 450 valence electrons. The lowest BCUT2D eigenvalue weighted by Crippen LogP contribution is -2.16. The number of benzene rings is 7. The molecule has 2 aliphatic rings. The molecule has 0 amide bonds. The fourth-order valence-electron chi connectivity index (χ4n) is 12.1. The second-order valence-electron chi connectivity index (χ2n) is 27.5. The zero-order chi connectivity index (χ0) is 61.5. The van der Waals surface area contributed by atoms with E-state index >= 15 is 0 Å². The summed E-state index contributed by atoms with van der Waals surface area (Å²) in [6, 6.07) is 31.6. The summed E-state index contributed by atoms with van der Waals surface area (Å²) in [6.07, 6.45) is 2.64. The van der Waals surface area contributed by atoms with E-state index in [0.29, 0.717) is 99.0 Å². The molecular weight excluding hydrogens is 1060 g/mol. The van der Waals surface area contributed by atoms with Crippen LogP contribution in [0.25, 0.3) is 0 Å². The van der Waals surface area contributed by atoms with Crippen molar-refractivity contribution in [2.45, 2.75) is 184 Å². The van der Waals surface area contributed by atoms with E-state index in [1.54, 1.807) is 12.1 Å². The molecule has 0 spiro atoms. The van der Waals surface area contributed by atoms with Crippen LogP contribution in [0.1, 0.15) is 211 Å². The Balaban J connectivity index is 1.48. The van der Waals surface area contributed by atoms with Crippen LogP contribution in [-0.4, -0.2) is 31.4 Å². The number of nitrogens with zero attached hydrogens (tertiary/aromatic N) is 1. The summed E-state index contributed by atoms with van der Waals surface area (Å²) in [5.41, 5.74) is 31.7. The minimum absolute atomic E-state index is 0.0179. The van der Waals surface area contributed by atoms with E-state index in [9.17, 15) is 10.1 Å². The van der Waals surface area contributed by atoms with Gasteiger partial charge in [0.15, 0.2) is 0 Å². The molecule has 9 rings (SSSR count). The van der Waals surface area contributed by atoms with Crippen molar-refractivity contribution in [2.24, 2.45) is 0 Å². The summed E-state index contributed by atoms with van der Waals surface area (Å²) >= 11 is 0. The van der Waals surface area contributed by atoms with Crippen molar-refractivity contribution in [3.63, 3.8) is 0 Å². The average Bonchev–Trinajstić information content (AvgIpc) is 1.19. The zero-order valence-electron chi connectivity index (χ0n) is 53.5. The van der Waals surface area contributed by atoms with Crippen molar-refractivity contribution in [2.75, 3.05) is 37.9 Å². The highest BCUT2D eigenvalue weighted by Gasteiger charge is 2.30. The lowest BCUT2D eigenvalue weighted by molar-refractivity contribution is -0.385. The van der Waals surface area contributed by atoms with Crippen LogP contribution in [0.2, 0.25) is 0 Å². The maximum Gasteiger partial charge on any atom is 0.270 e. The first-order valence-electron chi connectivity index (χ1n) is 30.6. The smallest absolute Gasteiger partial charge is 0.270 e. The monoisotopic (exact) mass is 1150 g/mol. The number of ether oxygens (including phenoxy) is 6. The van der Waals surface area contributed by atoms with Gasteiger partial charge in [-0.15, -0.1) is 0 Å². The van der Waals surface area contributed by atoms with Crippen molar-refractivity contribution in [1.29, 1.82) is 0 Å². The molecule has 0 saturated carbocycles. The molecular formula is C74H91N3O8. The van der Waals surface area contributed by atoms with Crippen molar-refractivity contribution >= 4 is 17.1 Å². The summed E-state index contributed by atoms with van der Waals surface area (Å²) in [5.74, 6) is 4.45. The molecule has 7 aromatic rings. The molecule has 11 heteroatoms. The highest BCUT2D eigenvalue weighted by Crippen LogP contribution is 2.46. The van der Waals surface area contributed by atoms with Gasteiger partial charge in [0.25, 0.3) is 5.69 Å². The molecule has 0 radical (unpaired) electrons. The number of nitrogen functional groups attached to an aromatic ring is 2. The predicted molar refractivity (Wildman–Crippen MR) is 346 cm³/mol. The summed E-state index contributed by atoms with van der Waals surface area (Å²) in [4.78, 5) is 12.7. The first-order chi connectivity index (χ1) is 40.0. The minimum atomic E-state index is -0.349. The predicted octanol–water partition coefficient (Wildman–Crippen LogP) is 16.9. The third-order valence-corrected chi connectivity index (χ3v) is 16.4. The van der Waals surface area contributed by atoms with E-state index in [4.69, 9.17) is 39.9 Å². The SMILES string of the molecule is CCOc1c2cc(C(C)(C)C)cc1Cc1cc(N)cc3c1OCc1cc(cc([N+](=O)[O-])c1)COc1c(cc(N)cc1Cc1cc(C(C)(C)C)cc(c1OCC)Cc1cc(C(C)(C)C)cc(c1OCC)C3)Cc1cc(C(C)(C)C)cc(c1OCC)C2. The number of anilines is 2. The van der Waals surface area contributed by atoms with Crippen molar-refractivity contribution < 1.29 is 33.3 Å². The summed E-state index contributed by atoms with van der Waals surface area (Å²) in [7, 11) is 0. The topological polar surface area (TPSA) is 151 Å². The molecule has 2 heterocycles. The molecule has 0 aliphatic carbocycles. The van der Waals surface area contributed by atoms with Gasteiger partial charge in [-0.1, -0.05) is 132 Å². The van der Waals surface area contributed by atoms with E-state index in [-0.39, 0.29) is 45.5 Å². The van der Waals surface area contributed by atoms with Crippen molar-refractivity contribution in [3.8, 4) is 34.5 Å². The summed E-state index contributed by atoms with van der Waals surface area (Å²) in [6.45, 7) is 36.9. The van der Waals surface area contributed by atoms with Crippen LogP contribution in [0.4, 0.5) is 17.1 Å². The Kier molecular flexibility index (Phi) is 17.7. The number of nitrogens with two attached hydrogens (primary N) is 2. The second kappa shape index (κ2) is 24.4. The molecule has 0 unspecified atom stereocenters. The molecule has 7 aromatic carbocycles. The fourth-order valence-corrected chi connectivity index (χ4v) is 12.1. The van der Waals surface area contributed by atoms with Gasteiger partial charge >= 0.3 is 0 Å². The van der Waals surface area contributed by atoms with Gasteiger partial charge in [-0.2, -0.15) is 0 Å². The highest BCUT2D eigenvalue weighted by molar-refractivity contribution is 5.64. The fraction of sp³-hybridized carbons (Fsp3) is 0.432. The Hall–Kier alpha value is -7.66. The quantitative estimate of drug-likeness (QED) is 0.0812. The number of nitro benzene ring substituents is 1. The van der Waals surface area contributed by atoms with E-state index in [2.05, 4.69) is 132 Å². The first kappa shape index (κ1) is 61.9. The zero-order valence-corrected chi connectivity index (χ0v) is 53.5. The third-order valence-electron chi connectivity index (χ3n) is 16.4. The van der Waals surface area contributed by atoms with Crippen molar-refractivity contribution in [3.05, 3.63) is 201 Å². The third kappa shape index (κ3) is 13.9. The first-order valence-corrected chi connectivity index (χ1v) is 30.6. The standard InChI is InChI=1S/C74H91N3O8/c1-17-80-65-46-24-47-31-59(72(8,9)10)35-51(66(47)81-18-2)27-56-40-63(76)41-57-29-53-37-61(74(14,15)16)33-49(68(53)83-20-4)25-48-32-60(73(11,12)13)36-52(67(48)82-19-3)28-55-39-62(75)38-54(26-50(65)34-58(30-46)71(5,6)7)69(55)84-42-44-21-45(43-85-70(56)57)23-64(22-44)77(78)79/h21-23,30-41H,17-20,24-29,42-43,75-76H2,1-16H3. The van der Waals surface area contributed by atoms with Gasteiger partial charge in [-0.05, 0) is 158 Å². The van der Waals surface area contributed by atoms with Crippen LogP contribution >= 0.6 is 0 Å². The number of non-ortho nitro benzene ring substituents is 1. The van der Waals surface area contributed by atoms with Crippen molar-refractivity contribution in [1.82, 2.24) is 0 Å². The maximum absolute atomic E-state index is 13.0. The van der Waals surface area contributed by atoms with Gasteiger partial charge in [0.2, 0.25) is 0 Å². The lowest BCUT2D eigenvalue weighted by Gasteiger charge is -2.28. The molecule has 2 aliphatic heterocycles. The minimum Gasteiger partial charge on any atom is -0.493 e. The highest BCUT2D eigenvalue weighted by atomic mass is 16.6. The van der Waals surface area contributed by atoms with Gasteiger partial charge < -0.3 is 39.9 Å². The Morgan fingerprint density at radius 3 is 0.800 bits per heavy atom. The Labute approximate surface area is 505 Å². The normalized spacial score (nSPS) is 13.8. The van der Waals surface area contributed by atoms with Crippen LogP contribution in [-0.2, 0) is 73.4 Å². The molecule has 12 bridgehead atoms. The second-order valence-corrected chi connectivity index (χ2v) is 27.5. The largest absolute Gasteiger partial charge is 0.493 e. The van der Waals surface area contributed by atoms with Gasteiger partial charge in [0.1, 0.15) is 47.7 Å². The average molecular weight is 1150 g/mol. The number of hydrogen-bond donors (Lipinski definition) is 2. The number of fused-ring (bicyclic) bond motifs is 10. The molecule has 11 nitrogen and oxygen atoms in total. The molecule has 0 aromatic heterocycles. The van der Waals surface area contributed by atoms with E-state index in [0.717, 1.165) is 112 Å². The van der Waals surface area contributed by atoms with Gasteiger partial charge in [0, 0.05) is 84.3 Å². The molecule has 0 saturated heterocycles. The van der Waals surface area contributed by atoms with Crippen LogP contribution in [0.15, 0.2) is 91.0 Å². The number of nitro groups is 1. The van der Waals surface area contributed by atoms with Gasteiger partial charge in [0.05, 0.1) is 31.4 Å². The summed E-state index contributed by atoms with van der Waals surface area (Å²) in [5, 5.41) is 13.0.